The second kappa shape index (κ2) is 8.09. The van der Waals surface area contributed by atoms with Crippen LogP contribution in [-0.2, 0) is 9.59 Å². The SMILES string of the molecule is COc1ccc(NC2=N[C@@H](C(=O)Nc3ccc4c(c3)OCCO4)CC(=O)N2)cc1. The first-order valence-corrected chi connectivity index (χ1v) is 9.10. The number of amides is 2. The van der Waals surface area contributed by atoms with Gasteiger partial charge < -0.3 is 24.8 Å². The number of methoxy groups -OCH3 is 1. The minimum Gasteiger partial charge on any atom is -0.497 e. The van der Waals surface area contributed by atoms with Crippen LogP contribution in [0.15, 0.2) is 47.5 Å². The van der Waals surface area contributed by atoms with Gasteiger partial charge in [0.05, 0.1) is 13.5 Å². The molecule has 0 bridgehead atoms. The van der Waals surface area contributed by atoms with Crippen molar-refractivity contribution >= 4 is 29.1 Å². The zero-order valence-corrected chi connectivity index (χ0v) is 15.7. The monoisotopic (exact) mass is 396 g/mol. The Morgan fingerprint density at radius 2 is 1.83 bits per heavy atom. The molecule has 2 aromatic rings. The van der Waals surface area contributed by atoms with Gasteiger partial charge in [0.2, 0.25) is 17.8 Å². The number of anilines is 2. The van der Waals surface area contributed by atoms with E-state index in [-0.39, 0.29) is 24.2 Å². The molecular formula is C20H20N4O5. The summed E-state index contributed by atoms with van der Waals surface area (Å²) >= 11 is 0. The van der Waals surface area contributed by atoms with E-state index in [0.29, 0.717) is 41.8 Å². The van der Waals surface area contributed by atoms with Gasteiger partial charge in [0.25, 0.3) is 0 Å². The van der Waals surface area contributed by atoms with Crippen LogP contribution in [0.2, 0.25) is 0 Å². The van der Waals surface area contributed by atoms with Crippen LogP contribution in [0.1, 0.15) is 6.42 Å². The van der Waals surface area contributed by atoms with Crippen LogP contribution in [0.25, 0.3) is 0 Å². The van der Waals surface area contributed by atoms with E-state index in [2.05, 4.69) is 20.9 Å². The van der Waals surface area contributed by atoms with Gasteiger partial charge in [0, 0.05) is 17.4 Å². The summed E-state index contributed by atoms with van der Waals surface area (Å²) in [5.74, 6) is 1.45. The second-order valence-corrected chi connectivity index (χ2v) is 6.45. The Morgan fingerprint density at radius 1 is 1.10 bits per heavy atom. The number of nitrogens with one attached hydrogen (secondary N) is 3. The number of rotatable bonds is 4. The summed E-state index contributed by atoms with van der Waals surface area (Å²) in [7, 11) is 1.58. The number of hydrogen-bond acceptors (Lipinski definition) is 7. The molecule has 2 amide bonds. The van der Waals surface area contributed by atoms with E-state index in [0.717, 1.165) is 0 Å². The summed E-state index contributed by atoms with van der Waals surface area (Å²) < 4.78 is 16.1. The van der Waals surface area contributed by atoms with Crippen LogP contribution in [0, 0.1) is 0 Å². The Morgan fingerprint density at radius 3 is 2.59 bits per heavy atom. The van der Waals surface area contributed by atoms with Crippen molar-refractivity contribution in [2.45, 2.75) is 12.5 Å². The Balaban J connectivity index is 1.45. The number of fused-ring (bicyclic) bond motifs is 1. The summed E-state index contributed by atoms with van der Waals surface area (Å²) in [5.41, 5.74) is 1.25. The lowest BCUT2D eigenvalue weighted by molar-refractivity contribution is -0.124. The Hall–Kier alpha value is -3.75. The third kappa shape index (κ3) is 4.40. The molecule has 0 saturated carbocycles. The maximum absolute atomic E-state index is 12.6. The molecule has 0 aromatic heterocycles. The third-order valence-electron chi connectivity index (χ3n) is 4.39. The fourth-order valence-corrected chi connectivity index (χ4v) is 2.97. The third-order valence-corrected chi connectivity index (χ3v) is 4.39. The van der Waals surface area contributed by atoms with Crippen molar-refractivity contribution in [2.75, 3.05) is 31.0 Å². The molecular weight excluding hydrogens is 376 g/mol. The van der Waals surface area contributed by atoms with Gasteiger partial charge >= 0.3 is 0 Å². The first-order chi connectivity index (χ1) is 14.1. The number of carbonyl (C=O) groups excluding carboxylic acids is 2. The highest BCUT2D eigenvalue weighted by molar-refractivity contribution is 6.10. The van der Waals surface area contributed by atoms with Gasteiger partial charge in [-0.15, -0.1) is 0 Å². The Labute approximate surface area is 167 Å². The van der Waals surface area contributed by atoms with Crippen molar-refractivity contribution < 1.29 is 23.8 Å². The molecule has 0 unspecified atom stereocenters. The topological polar surface area (TPSA) is 110 Å². The molecule has 0 saturated heterocycles. The number of benzene rings is 2. The molecule has 0 radical (unpaired) electrons. The van der Waals surface area contributed by atoms with E-state index in [1.807, 2.05) is 0 Å². The maximum Gasteiger partial charge on any atom is 0.249 e. The van der Waals surface area contributed by atoms with Crippen LogP contribution < -0.4 is 30.2 Å². The molecule has 4 rings (SSSR count). The van der Waals surface area contributed by atoms with Gasteiger partial charge in [-0.1, -0.05) is 0 Å². The molecule has 2 heterocycles. The smallest absolute Gasteiger partial charge is 0.249 e. The molecule has 0 aliphatic carbocycles. The van der Waals surface area contributed by atoms with E-state index in [1.165, 1.54) is 0 Å². The quantitative estimate of drug-likeness (QED) is 0.726. The molecule has 3 N–H and O–H groups in total. The van der Waals surface area contributed by atoms with Gasteiger partial charge in [0.15, 0.2) is 11.5 Å². The van der Waals surface area contributed by atoms with E-state index >= 15 is 0 Å². The normalized spacial score (nSPS) is 17.6. The zero-order chi connectivity index (χ0) is 20.2. The van der Waals surface area contributed by atoms with Gasteiger partial charge in [0.1, 0.15) is 25.0 Å². The molecule has 9 nitrogen and oxygen atoms in total. The first kappa shape index (κ1) is 18.6. The lowest BCUT2D eigenvalue weighted by Gasteiger charge is -2.22. The highest BCUT2D eigenvalue weighted by Crippen LogP contribution is 2.32. The molecule has 9 heteroatoms. The fourth-order valence-electron chi connectivity index (χ4n) is 2.97. The number of guanidine groups is 1. The first-order valence-electron chi connectivity index (χ1n) is 9.10. The van der Waals surface area contributed by atoms with Crippen molar-refractivity contribution in [3.63, 3.8) is 0 Å². The predicted molar refractivity (Wildman–Crippen MR) is 107 cm³/mol. The number of nitrogens with zero attached hydrogens (tertiary/aromatic N) is 1. The summed E-state index contributed by atoms with van der Waals surface area (Å²) in [6.45, 7) is 0.951. The Kier molecular flexibility index (Phi) is 5.19. The van der Waals surface area contributed by atoms with Crippen molar-refractivity contribution in [1.82, 2.24) is 5.32 Å². The van der Waals surface area contributed by atoms with Crippen molar-refractivity contribution in [3.8, 4) is 17.2 Å². The lowest BCUT2D eigenvalue weighted by atomic mass is 10.1. The molecule has 150 valence electrons. The molecule has 2 aliphatic rings. The summed E-state index contributed by atoms with van der Waals surface area (Å²) in [6.07, 6.45) is -0.0375. The van der Waals surface area contributed by atoms with Crippen molar-refractivity contribution in [3.05, 3.63) is 42.5 Å². The number of aliphatic imine (C=N–C) groups is 1. The highest BCUT2D eigenvalue weighted by atomic mass is 16.6. The van der Waals surface area contributed by atoms with Crippen LogP contribution in [-0.4, -0.2) is 44.1 Å². The number of carbonyl (C=O) groups is 2. The van der Waals surface area contributed by atoms with Gasteiger partial charge in [-0.3, -0.25) is 14.9 Å². The fraction of sp³-hybridized carbons (Fsp3) is 0.250. The van der Waals surface area contributed by atoms with Gasteiger partial charge in [-0.2, -0.15) is 0 Å². The minimum atomic E-state index is -0.849. The molecule has 0 spiro atoms. The summed E-state index contributed by atoms with van der Waals surface area (Å²) in [4.78, 5) is 29.0. The Bertz CT molecular complexity index is 958. The molecule has 0 fully saturated rings. The largest absolute Gasteiger partial charge is 0.497 e. The average Bonchev–Trinajstić information content (AvgIpc) is 2.74. The van der Waals surface area contributed by atoms with E-state index in [1.54, 1.807) is 49.6 Å². The molecule has 1 atom stereocenters. The van der Waals surface area contributed by atoms with E-state index in [4.69, 9.17) is 14.2 Å². The highest BCUT2D eigenvalue weighted by Gasteiger charge is 2.27. The predicted octanol–water partition coefficient (Wildman–Crippen LogP) is 1.76. The van der Waals surface area contributed by atoms with Gasteiger partial charge in [-0.05, 0) is 36.4 Å². The van der Waals surface area contributed by atoms with Gasteiger partial charge in [-0.25, -0.2) is 4.99 Å². The average molecular weight is 396 g/mol. The molecule has 29 heavy (non-hydrogen) atoms. The van der Waals surface area contributed by atoms with Crippen LogP contribution >= 0.6 is 0 Å². The van der Waals surface area contributed by atoms with Crippen LogP contribution in [0.3, 0.4) is 0 Å². The maximum atomic E-state index is 12.6. The van der Waals surface area contributed by atoms with Crippen molar-refractivity contribution in [1.29, 1.82) is 0 Å². The van der Waals surface area contributed by atoms with E-state index < -0.39 is 6.04 Å². The standard InChI is InChI=1S/C20H20N4O5/c1-27-14-5-2-12(3-6-14)22-20-23-15(11-18(25)24-20)19(26)21-13-4-7-16-17(10-13)29-9-8-28-16/h2-7,10,15H,8-9,11H2,1H3,(H,21,26)(H2,22,23,24,25)/t15-/m1/s1. The summed E-state index contributed by atoms with van der Waals surface area (Å²) in [5, 5.41) is 8.41. The number of ether oxygens (including phenoxy) is 3. The van der Waals surface area contributed by atoms with Crippen molar-refractivity contribution in [2.24, 2.45) is 4.99 Å². The minimum absolute atomic E-state index is 0.0375. The second-order valence-electron chi connectivity index (χ2n) is 6.45. The molecule has 2 aliphatic heterocycles. The lowest BCUT2D eigenvalue weighted by Crippen LogP contribution is -2.45. The van der Waals surface area contributed by atoms with Crippen LogP contribution in [0.4, 0.5) is 11.4 Å². The van der Waals surface area contributed by atoms with E-state index in [9.17, 15) is 9.59 Å². The van der Waals surface area contributed by atoms with Crippen LogP contribution in [0.5, 0.6) is 17.2 Å². The molecule has 2 aromatic carbocycles. The summed E-state index contributed by atoms with van der Waals surface area (Å²) in [6, 6.07) is 11.4. The number of hydrogen-bond donors (Lipinski definition) is 3. The zero-order valence-electron chi connectivity index (χ0n) is 15.7.